The molecule has 0 bridgehead atoms. The number of para-hydroxylation sites is 1. The largest absolute Gasteiger partial charge is 0.345 e. The van der Waals surface area contributed by atoms with Gasteiger partial charge in [-0.2, -0.15) is 0 Å². The van der Waals surface area contributed by atoms with Crippen molar-refractivity contribution in [1.29, 1.82) is 0 Å². The highest BCUT2D eigenvalue weighted by molar-refractivity contribution is 5.98. The summed E-state index contributed by atoms with van der Waals surface area (Å²) in [6.07, 6.45) is 3.43. The molecular formula is C25H31N3O2. The number of likely N-dealkylation sites (tertiary alicyclic amines) is 1. The maximum absolute atomic E-state index is 13.3. The van der Waals surface area contributed by atoms with E-state index in [0.717, 1.165) is 44.6 Å². The molecule has 2 amide bonds. The Morgan fingerprint density at radius 3 is 2.23 bits per heavy atom. The lowest BCUT2D eigenvalue weighted by atomic mass is 10.0. The molecule has 30 heavy (non-hydrogen) atoms. The Kier molecular flexibility index (Phi) is 6.48. The number of rotatable bonds is 6. The van der Waals surface area contributed by atoms with Gasteiger partial charge in [0.15, 0.2) is 0 Å². The lowest BCUT2D eigenvalue weighted by molar-refractivity contribution is -0.127. The van der Waals surface area contributed by atoms with Crippen LogP contribution in [0.5, 0.6) is 0 Å². The predicted octanol–water partition coefficient (Wildman–Crippen LogP) is 2.99. The van der Waals surface area contributed by atoms with Crippen molar-refractivity contribution in [2.45, 2.75) is 25.7 Å². The van der Waals surface area contributed by atoms with E-state index in [0.29, 0.717) is 19.5 Å². The van der Waals surface area contributed by atoms with Crippen LogP contribution in [-0.2, 0) is 22.4 Å². The summed E-state index contributed by atoms with van der Waals surface area (Å²) in [7, 11) is 1.78. The number of benzene rings is 2. The van der Waals surface area contributed by atoms with Gasteiger partial charge in [0.2, 0.25) is 11.8 Å². The van der Waals surface area contributed by atoms with Crippen LogP contribution in [0, 0.1) is 5.92 Å². The first kappa shape index (κ1) is 20.6. The maximum Gasteiger partial charge on any atom is 0.232 e. The smallest absolute Gasteiger partial charge is 0.232 e. The van der Waals surface area contributed by atoms with Gasteiger partial charge in [-0.05, 0) is 49.1 Å². The number of fused-ring (bicyclic) bond motifs is 1. The summed E-state index contributed by atoms with van der Waals surface area (Å²) in [6.45, 7) is 4.32. The van der Waals surface area contributed by atoms with Crippen LogP contribution >= 0.6 is 0 Å². The summed E-state index contributed by atoms with van der Waals surface area (Å²) >= 11 is 0. The first-order valence-corrected chi connectivity index (χ1v) is 11.0. The van der Waals surface area contributed by atoms with E-state index in [-0.39, 0.29) is 17.7 Å². The van der Waals surface area contributed by atoms with Gasteiger partial charge in [0.05, 0.1) is 5.92 Å². The van der Waals surface area contributed by atoms with Crippen LogP contribution in [-0.4, -0.2) is 61.4 Å². The van der Waals surface area contributed by atoms with Crippen molar-refractivity contribution in [2.75, 3.05) is 44.7 Å². The fourth-order valence-corrected chi connectivity index (χ4v) is 4.61. The highest BCUT2D eigenvalue weighted by Crippen LogP contribution is 2.23. The summed E-state index contributed by atoms with van der Waals surface area (Å²) in [5.41, 5.74) is 3.86. The number of hydrogen-bond acceptors (Lipinski definition) is 3. The molecular weight excluding hydrogens is 374 g/mol. The van der Waals surface area contributed by atoms with Gasteiger partial charge in [0.25, 0.3) is 0 Å². The van der Waals surface area contributed by atoms with Gasteiger partial charge >= 0.3 is 0 Å². The summed E-state index contributed by atoms with van der Waals surface area (Å²) in [5.74, 6) is -0.108. The Labute approximate surface area is 179 Å². The number of anilines is 1. The molecule has 1 unspecified atom stereocenters. The van der Waals surface area contributed by atoms with Crippen LogP contribution < -0.4 is 4.90 Å². The lowest BCUT2D eigenvalue weighted by Gasteiger charge is -2.27. The quantitative estimate of drug-likeness (QED) is 0.742. The van der Waals surface area contributed by atoms with E-state index in [4.69, 9.17) is 0 Å². The molecule has 2 aromatic rings. The molecule has 1 atom stereocenters. The van der Waals surface area contributed by atoms with E-state index in [1.165, 1.54) is 11.1 Å². The standard InChI is InChI=1S/C25H31N3O2/c1-26-19-22(18-24(26)29)25(30)28(23-10-3-2-4-11-23)15-7-14-27-16-12-20-8-5-6-9-21(20)13-17-27/h2-6,8-11,22H,7,12-19H2,1H3. The first-order chi connectivity index (χ1) is 14.6. The van der Waals surface area contributed by atoms with Crippen LogP contribution in [0.15, 0.2) is 54.6 Å². The second-order valence-electron chi connectivity index (χ2n) is 8.46. The molecule has 0 aliphatic carbocycles. The molecule has 158 valence electrons. The molecule has 0 N–H and O–H groups in total. The SMILES string of the molecule is CN1CC(C(=O)N(CCCN2CCc3ccccc3CC2)c2ccccc2)CC1=O. The van der Waals surface area contributed by atoms with Crippen molar-refractivity contribution in [3.05, 3.63) is 65.7 Å². The summed E-state index contributed by atoms with van der Waals surface area (Å²) in [5, 5.41) is 0. The zero-order valence-corrected chi connectivity index (χ0v) is 17.8. The van der Waals surface area contributed by atoms with Crippen LogP contribution in [0.4, 0.5) is 5.69 Å². The minimum absolute atomic E-state index is 0.0606. The second-order valence-corrected chi connectivity index (χ2v) is 8.46. The van der Waals surface area contributed by atoms with Crippen LogP contribution in [0.1, 0.15) is 24.0 Å². The Hall–Kier alpha value is -2.66. The fourth-order valence-electron chi connectivity index (χ4n) is 4.61. The molecule has 2 aliphatic rings. The molecule has 1 fully saturated rings. The van der Waals surface area contributed by atoms with Gasteiger partial charge in [-0.25, -0.2) is 0 Å². The summed E-state index contributed by atoms with van der Waals surface area (Å²) in [4.78, 5) is 31.3. The van der Waals surface area contributed by atoms with E-state index in [9.17, 15) is 9.59 Å². The number of hydrogen-bond donors (Lipinski definition) is 0. The third kappa shape index (κ3) is 4.73. The Balaban J connectivity index is 1.37. The van der Waals surface area contributed by atoms with E-state index >= 15 is 0 Å². The Morgan fingerprint density at radius 2 is 1.63 bits per heavy atom. The molecule has 2 aliphatic heterocycles. The Bertz CT molecular complexity index is 856. The van der Waals surface area contributed by atoms with Gasteiger partial charge in [-0.1, -0.05) is 42.5 Å². The van der Waals surface area contributed by atoms with Crippen LogP contribution in [0.3, 0.4) is 0 Å². The minimum atomic E-state index is -0.240. The minimum Gasteiger partial charge on any atom is -0.345 e. The first-order valence-electron chi connectivity index (χ1n) is 11.0. The van der Waals surface area contributed by atoms with Gasteiger partial charge in [0.1, 0.15) is 0 Å². The monoisotopic (exact) mass is 405 g/mol. The average Bonchev–Trinajstić information content (AvgIpc) is 2.98. The number of nitrogens with zero attached hydrogens (tertiary/aromatic N) is 3. The molecule has 2 heterocycles. The maximum atomic E-state index is 13.3. The third-order valence-corrected chi connectivity index (χ3v) is 6.39. The fraction of sp³-hybridized carbons (Fsp3) is 0.440. The van der Waals surface area contributed by atoms with Crippen molar-refractivity contribution >= 4 is 17.5 Å². The molecule has 0 spiro atoms. The Morgan fingerprint density at radius 1 is 1.00 bits per heavy atom. The normalized spacial score (nSPS) is 19.4. The van der Waals surface area contributed by atoms with E-state index in [1.54, 1.807) is 11.9 Å². The van der Waals surface area contributed by atoms with E-state index in [2.05, 4.69) is 29.2 Å². The molecule has 0 aromatic heterocycles. The van der Waals surface area contributed by atoms with Gasteiger partial charge in [-0.15, -0.1) is 0 Å². The van der Waals surface area contributed by atoms with Gasteiger partial charge < -0.3 is 14.7 Å². The number of amides is 2. The van der Waals surface area contributed by atoms with Gasteiger partial charge in [0, 0.05) is 45.3 Å². The molecule has 4 rings (SSSR count). The van der Waals surface area contributed by atoms with Crippen molar-refractivity contribution in [3.8, 4) is 0 Å². The molecule has 0 saturated carbocycles. The van der Waals surface area contributed by atoms with Crippen LogP contribution in [0.25, 0.3) is 0 Å². The zero-order valence-electron chi connectivity index (χ0n) is 17.8. The van der Waals surface area contributed by atoms with Crippen molar-refractivity contribution in [2.24, 2.45) is 5.92 Å². The molecule has 1 saturated heterocycles. The predicted molar refractivity (Wildman–Crippen MR) is 119 cm³/mol. The van der Waals surface area contributed by atoms with Crippen molar-refractivity contribution in [1.82, 2.24) is 9.80 Å². The molecule has 0 radical (unpaired) electrons. The lowest BCUT2D eigenvalue weighted by Crippen LogP contribution is -2.39. The summed E-state index contributed by atoms with van der Waals surface area (Å²) in [6, 6.07) is 18.6. The number of carbonyl (C=O) groups is 2. The topological polar surface area (TPSA) is 43.9 Å². The second kappa shape index (κ2) is 9.43. The number of carbonyl (C=O) groups excluding carboxylic acids is 2. The highest BCUT2D eigenvalue weighted by atomic mass is 16.2. The highest BCUT2D eigenvalue weighted by Gasteiger charge is 2.35. The van der Waals surface area contributed by atoms with Crippen molar-refractivity contribution < 1.29 is 9.59 Å². The summed E-state index contributed by atoms with van der Waals surface area (Å²) < 4.78 is 0. The average molecular weight is 406 g/mol. The molecule has 5 nitrogen and oxygen atoms in total. The molecule has 5 heteroatoms. The van der Waals surface area contributed by atoms with E-state index in [1.807, 2.05) is 35.2 Å². The third-order valence-electron chi connectivity index (χ3n) is 6.39. The van der Waals surface area contributed by atoms with Crippen LogP contribution in [0.2, 0.25) is 0 Å². The van der Waals surface area contributed by atoms with Crippen molar-refractivity contribution in [3.63, 3.8) is 0 Å². The van der Waals surface area contributed by atoms with Gasteiger partial charge in [-0.3, -0.25) is 9.59 Å². The van der Waals surface area contributed by atoms with E-state index < -0.39 is 0 Å². The molecule has 2 aromatic carbocycles. The zero-order chi connectivity index (χ0) is 20.9.